The average molecular weight is 271 g/mol. The molecular formula is C15H17N3O2. The van der Waals surface area contributed by atoms with Crippen molar-refractivity contribution in [2.24, 2.45) is 0 Å². The number of anilines is 1. The highest BCUT2D eigenvalue weighted by atomic mass is 16.2. The summed E-state index contributed by atoms with van der Waals surface area (Å²) in [5.74, 6) is 0.540. The quantitative estimate of drug-likeness (QED) is 0.790. The number of amides is 1. The Morgan fingerprint density at radius 3 is 2.45 bits per heavy atom. The van der Waals surface area contributed by atoms with E-state index in [-0.39, 0.29) is 12.5 Å². The molecule has 0 spiro atoms. The van der Waals surface area contributed by atoms with E-state index in [1.54, 1.807) is 12.4 Å². The SMILES string of the molecule is O=C(CCCCO)Nc1cnc(-c2ccccc2)nc1. The number of nitrogens with one attached hydrogen (secondary N) is 1. The number of carbonyl (C=O) groups excluding carboxylic acids is 1. The first kappa shape index (κ1) is 14.1. The van der Waals surface area contributed by atoms with Crippen LogP contribution in [0.3, 0.4) is 0 Å². The highest BCUT2D eigenvalue weighted by Gasteiger charge is 2.04. The van der Waals surface area contributed by atoms with Gasteiger partial charge in [-0.05, 0) is 12.8 Å². The lowest BCUT2D eigenvalue weighted by Crippen LogP contribution is -2.11. The van der Waals surface area contributed by atoms with Crippen molar-refractivity contribution >= 4 is 11.6 Å². The second-order valence-corrected chi connectivity index (χ2v) is 4.39. The van der Waals surface area contributed by atoms with Crippen molar-refractivity contribution in [3.8, 4) is 11.4 Å². The van der Waals surface area contributed by atoms with Gasteiger partial charge in [-0.2, -0.15) is 0 Å². The standard InChI is InChI=1S/C15H17N3O2/c19-9-5-4-8-14(20)18-13-10-16-15(17-11-13)12-6-2-1-3-7-12/h1-3,6-7,10-11,19H,4-5,8-9H2,(H,18,20). The minimum absolute atomic E-state index is 0.0884. The van der Waals surface area contributed by atoms with Crippen LogP contribution in [-0.4, -0.2) is 27.6 Å². The number of benzene rings is 1. The summed E-state index contributed by atoms with van der Waals surface area (Å²) in [5.41, 5.74) is 1.52. The van der Waals surface area contributed by atoms with E-state index >= 15 is 0 Å². The summed E-state index contributed by atoms with van der Waals surface area (Å²) in [5, 5.41) is 11.4. The number of rotatable bonds is 6. The van der Waals surface area contributed by atoms with Crippen molar-refractivity contribution < 1.29 is 9.90 Å². The summed E-state index contributed by atoms with van der Waals surface area (Å²) >= 11 is 0. The Labute approximate surface area is 117 Å². The molecule has 2 N–H and O–H groups in total. The van der Waals surface area contributed by atoms with Gasteiger partial charge in [-0.3, -0.25) is 4.79 Å². The van der Waals surface area contributed by atoms with E-state index in [1.165, 1.54) is 0 Å². The van der Waals surface area contributed by atoms with Gasteiger partial charge in [0.2, 0.25) is 5.91 Å². The molecule has 20 heavy (non-hydrogen) atoms. The Kier molecular flexibility index (Phi) is 5.20. The van der Waals surface area contributed by atoms with Crippen LogP contribution in [0.1, 0.15) is 19.3 Å². The Bertz CT molecular complexity index is 541. The van der Waals surface area contributed by atoms with Crippen molar-refractivity contribution in [1.82, 2.24) is 9.97 Å². The van der Waals surface area contributed by atoms with Gasteiger partial charge >= 0.3 is 0 Å². The summed E-state index contributed by atoms with van der Waals surface area (Å²) in [4.78, 5) is 20.1. The number of carbonyl (C=O) groups is 1. The van der Waals surface area contributed by atoms with Crippen molar-refractivity contribution in [2.75, 3.05) is 11.9 Å². The van der Waals surface area contributed by atoms with Gasteiger partial charge in [-0.25, -0.2) is 9.97 Å². The van der Waals surface area contributed by atoms with Crippen LogP contribution in [0.4, 0.5) is 5.69 Å². The Balaban J connectivity index is 1.93. The average Bonchev–Trinajstić information content (AvgIpc) is 2.49. The Morgan fingerprint density at radius 1 is 1.10 bits per heavy atom. The lowest BCUT2D eigenvalue weighted by atomic mass is 10.2. The fourth-order valence-corrected chi connectivity index (χ4v) is 1.75. The maximum absolute atomic E-state index is 11.6. The molecule has 2 rings (SSSR count). The number of aliphatic hydroxyl groups excluding tert-OH is 1. The molecule has 5 nitrogen and oxygen atoms in total. The van der Waals surface area contributed by atoms with Crippen LogP contribution in [0.25, 0.3) is 11.4 Å². The third-order valence-corrected chi connectivity index (χ3v) is 2.78. The fourth-order valence-electron chi connectivity index (χ4n) is 1.75. The van der Waals surface area contributed by atoms with Crippen LogP contribution in [0, 0.1) is 0 Å². The molecule has 0 aliphatic rings. The van der Waals surface area contributed by atoms with Gasteiger partial charge in [0, 0.05) is 18.6 Å². The lowest BCUT2D eigenvalue weighted by Gasteiger charge is -2.05. The molecule has 0 aliphatic heterocycles. The first-order valence-electron chi connectivity index (χ1n) is 6.58. The summed E-state index contributed by atoms with van der Waals surface area (Å²) < 4.78 is 0. The Morgan fingerprint density at radius 2 is 1.80 bits per heavy atom. The smallest absolute Gasteiger partial charge is 0.224 e. The zero-order valence-electron chi connectivity index (χ0n) is 11.1. The second-order valence-electron chi connectivity index (χ2n) is 4.39. The number of aliphatic hydroxyl groups is 1. The van der Waals surface area contributed by atoms with E-state index < -0.39 is 0 Å². The zero-order valence-corrected chi connectivity index (χ0v) is 11.1. The molecule has 1 amide bonds. The lowest BCUT2D eigenvalue weighted by molar-refractivity contribution is -0.116. The van der Waals surface area contributed by atoms with E-state index in [9.17, 15) is 4.79 Å². The van der Waals surface area contributed by atoms with E-state index in [2.05, 4.69) is 15.3 Å². The fraction of sp³-hybridized carbons (Fsp3) is 0.267. The third kappa shape index (κ3) is 4.13. The molecule has 0 bridgehead atoms. The van der Waals surface area contributed by atoms with Crippen LogP contribution < -0.4 is 5.32 Å². The summed E-state index contributed by atoms with van der Waals surface area (Å²) in [7, 11) is 0. The van der Waals surface area contributed by atoms with Crippen LogP contribution >= 0.6 is 0 Å². The minimum Gasteiger partial charge on any atom is -0.396 e. The van der Waals surface area contributed by atoms with E-state index in [0.29, 0.717) is 30.8 Å². The van der Waals surface area contributed by atoms with Crippen LogP contribution in [0.15, 0.2) is 42.7 Å². The molecule has 0 atom stereocenters. The molecular weight excluding hydrogens is 254 g/mol. The summed E-state index contributed by atoms with van der Waals surface area (Å²) in [6, 6.07) is 9.65. The maximum Gasteiger partial charge on any atom is 0.224 e. The predicted octanol–water partition coefficient (Wildman–Crippen LogP) is 2.24. The molecule has 1 aromatic carbocycles. The first-order chi connectivity index (χ1) is 9.79. The van der Waals surface area contributed by atoms with E-state index in [0.717, 1.165) is 5.56 Å². The molecule has 0 radical (unpaired) electrons. The molecule has 2 aromatic rings. The molecule has 0 saturated heterocycles. The van der Waals surface area contributed by atoms with E-state index in [1.807, 2.05) is 30.3 Å². The molecule has 0 saturated carbocycles. The van der Waals surface area contributed by atoms with Crippen molar-refractivity contribution in [1.29, 1.82) is 0 Å². The highest BCUT2D eigenvalue weighted by molar-refractivity contribution is 5.90. The second kappa shape index (κ2) is 7.35. The summed E-state index contributed by atoms with van der Waals surface area (Å²) in [6.07, 6.45) is 4.89. The number of hydrogen-bond acceptors (Lipinski definition) is 4. The topological polar surface area (TPSA) is 75.1 Å². The van der Waals surface area contributed by atoms with Crippen LogP contribution in [0.2, 0.25) is 0 Å². The van der Waals surface area contributed by atoms with Crippen molar-refractivity contribution in [3.05, 3.63) is 42.7 Å². The number of aromatic nitrogens is 2. The minimum atomic E-state index is -0.0884. The monoisotopic (exact) mass is 271 g/mol. The molecule has 1 heterocycles. The highest BCUT2D eigenvalue weighted by Crippen LogP contribution is 2.14. The van der Waals surface area contributed by atoms with Gasteiger partial charge in [0.15, 0.2) is 5.82 Å². The zero-order chi connectivity index (χ0) is 14.2. The van der Waals surface area contributed by atoms with Crippen molar-refractivity contribution in [2.45, 2.75) is 19.3 Å². The molecule has 0 fully saturated rings. The maximum atomic E-state index is 11.6. The number of nitrogens with zero attached hydrogens (tertiary/aromatic N) is 2. The predicted molar refractivity (Wildman–Crippen MR) is 77.0 cm³/mol. The molecule has 5 heteroatoms. The summed E-state index contributed by atoms with van der Waals surface area (Å²) in [6.45, 7) is 0.113. The van der Waals surface area contributed by atoms with Gasteiger partial charge in [-0.1, -0.05) is 30.3 Å². The molecule has 0 unspecified atom stereocenters. The molecule has 0 aliphatic carbocycles. The third-order valence-electron chi connectivity index (χ3n) is 2.78. The molecule has 1 aromatic heterocycles. The number of hydrogen-bond donors (Lipinski definition) is 2. The first-order valence-corrected chi connectivity index (χ1v) is 6.58. The normalized spacial score (nSPS) is 10.2. The van der Waals surface area contributed by atoms with Crippen LogP contribution in [0.5, 0.6) is 0 Å². The van der Waals surface area contributed by atoms with Gasteiger partial charge in [0.05, 0.1) is 18.1 Å². The number of unbranched alkanes of at least 4 members (excludes halogenated alkanes) is 1. The Hall–Kier alpha value is -2.27. The van der Waals surface area contributed by atoms with Crippen LogP contribution in [-0.2, 0) is 4.79 Å². The largest absolute Gasteiger partial charge is 0.396 e. The van der Waals surface area contributed by atoms with Gasteiger partial charge < -0.3 is 10.4 Å². The molecule has 104 valence electrons. The van der Waals surface area contributed by atoms with Crippen molar-refractivity contribution in [3.63, 3.8) is 0 Å². The van der Waals surface area contributed by atoms with Gasteiger partial charge in [0.25, 0.3) is 0 Å². The van der Waals surface area contributed by atoms with E-state index in [4.69, 9.17) is 5.11 Å². The van der Waals surface area contributed by atoms with Gasteiger partial charge in [0.1, 0.15) is 0 Å². The van der Waals surface area contributed by atoms with Gasteiger partial charge in [-0.15, -0.1) is 0 Å².